The van der Waals surface area contributed by atoms with Crippen molar-refractivity contribution in [3.05, 3.63) is 72.1 Å². The average Bonchev–Trinajstić information content (AvgIpc) is 2.68. The van der Waals surface area contributed by atoms with E-state index in [1.54, 1.807) is 24.3 Å². The van der Waals surface area contributed by atoms with Crippen LogP contribution in [-0.4, -0.2) is 26.9 Å². The smallest absolute Gasteiger partial charge is 0.228 e. The molecule has 1 unspecified atom stereocenters. The highest BCUT2D eigenvalue weighted by molar-refractivity contribution is 5.90. The molecule has 1 aliphatic heterocycles. The highest BCUT2D eigenvalue weighted by Crippen LogP contribution is 2.30. The topological polar surface area (TPSA) is 78.7 Å². The second-order valence-corrected chi connectivity index (χ2v) is 6.97. The number of hydrogen-bond donors (Lipinski definition) is 0. The van der Waals surface area contributed by atoms with Crippen LogP contribution in [0.5, 0.6) is 29.3 Å². The third kappa shape index (κ3) is 5.20. The molecule has 1 atom stereocenters. The summed E-state index contributed by atoms with van der Waals surface area (Å²) < 4.78 is 17.7. The first kappa shape index (κ1) is 19.6. The summed E-state index contributed by atoms with van der Waals surface area (Å²) in [5.41, 5.74) is 1.70. The van der Waals surface area contributed by atoms with Crippen molar-refractivity contribution in [2.45, 2.75) is 33.2 Å². The van der Waals surface area contributed by atoms with Gasteiger partial charge in [0, 0.05) is 35.7 Å². The summed E-state index contributed by atoms with van der Waals surface area (Å²) in [5.74, 6) is 2.47. The number of hydrogen-bond acceptors (Lipinski definition) is 7. The van der Waals surface area contributed by atoms with Crippen molar-refractivity contribution < 1.29 is 14.2 Å². The van der Waals surface area contributed by atoms with E-state index in [-0.39, 0.29) is 6.04 Å². The first-order valence-electron chi connectivity index (χ1n) is 9.71. The van der Waals surface area contributed by atoms with Crippen LogP contribution in [0.4, 0.5) is 0 Å². The first-order valence-corrected chi connectivity index (χ1v) is 9.71. The van der Waals surface area contributed by atoms with Crippen LogP contribution in [0.3, 0.4) is 0 Å². The molecule has 3 aromatic rings. The van der Waals surface area contributed by atoms with E-state index < -0.39 is 0 Å². The van der Waals surface area contributed by atoms with Gasteiger partial charge in [-0.3, -0.25) is 0 Å². The quantitative estimate of drug-likeness (QED) is 0.584. The summed E-state index contributed by atoms with van der Waals surface area (Å²) in [4.78, 5) is 17.7. The SMILES string of the molecule is Cc1cccc(Oc2cc(OC3=NC(C)CC=C3)nc(Oc3cccc(C)n3)c2)n1. The summed E-state index contributed by atoms with van der Waals surface area (Å²) in [5, 5.41) is 0. The summed E-state index contributed by atoms with van der Waals surface area (Å²) in [6.45, 7) is 5.83. The van der Waals surface area contributed by atoms with Crippen molar-refractivity contribution in [2.75, 3.05) is 0 Å². The molecule has 0 spiro atoms. The van der Waals surface area contributed by atoms with Crippen molar-refractivity contribution in [3.63, 3.8) is 0 Å². The highest BCUT2D eigenvalue weighted by atomic mass is 16.5. The maximum absolute atomic E-state index is 5.92. The second kappa shape index (κ2) is 8.73. The Morgan fingerprint density at radius 1 is 0.767 bits per heavy atom. The Balaban J connectivity index is 1.64. The molecular formula is C23H22N4O3. The molecule has 0 aromatic carbocycles. The summed E-state index contributed by atoms with van der Waals surface area (Å²) >= 11 is 0. The van der Waals surface area contributed by atoms with Crippen LogP contribution in [-0.2, 0) is 0 Å². The minimum absolute atomic E-state index is 0.160. The van der Waals surface area contributed by atoms with Crippen molar-refractivity contribution >= 4 is 5.90 Å². The van der Waals surface area contributed by atoms with E-state index in [9.17, 15) is 0 Å². The maximum Gasteiger partial charge on any atom is 0.228 e. The molecule has 0 amide bonds. The molecule has 30 heavy (non-hydrogen) atoms. The molecule has 0 fully saturated rings. The Bertz CT molecular complexity index is 1050. The van der Waals surface area contributed by atoms with Crippen LogP contribution in [0.25, 0.3) is 0 Å². The number of nitrogens with zero attached hydrogens (tertiary/aromatic N) is 4. The van der Waals surface area contributed by atoms with Gasteiger partial charge < -0.3 is 14.2 Å². The lowest BCUT2D eigenvalue weighted by molar-refractivity contribution is 0.413. The number of pyridine rings is 3. The third-order valence-corrected chi connectivity index (χ3v) is 4.20. The van der Waals surface area contributed by atoms with Crippen molar-refractivity contribution in [1.29, 1.82) is 0 Å². The van der Waals surface area contributed by atoms with Crippen LogP contribution in [0, 0.1) is 13.8 Å². The molecule has 4 rings (SSSR count). The second-order valence-electron chi connectivity index (χ2n) is 6.97. The van der Waals surface area contributed by atoms with Gasteiger partial charge in [-0.25, -0.2) is 15.0 Å². The van der Waals surface area contributed by atoms with Gasteiger partial charge in [-0.05, 0) is 45.4 Å². The lowest BCUT2D eigenvalue weighted by Gasteiger charge is -2.14. The van der Waals surface area contributed by atoms with E-state index in [1.807, 2.05) is 57.2 Å². The van der Waals surface area contributed by atoms with Gasteiger partial charge in [-0.15, -0.1) is 0 Å². The predicted octanol–water partition coefficient (Wildman–Crippen LogP) is 5.20. The van der Waals surface area contributed by atoms with Gasteiger partial charge in [-0.1, -0.05) is 18.2 Å². The number of ether oxygens (including phenoxy) is 3. The Kier molecular flexibility index (Phi) is 5.70. The zero-order valence-corrected chi connectivity index (χ0v) is 17.1. The Labute approximate surface area is 175 Å². The van der Waals surface area contributed by atoms with Crippen LogP contribution in [0.2, 0.25) is 0 Å². The van der Waals surface area contributed by atoms with Crippen LogP contribution < -0.4 is 14.2 Å². The van der Waals surface area contributed by atoms with E-state index in [0.29, 0.717) is 35.2 Å². The van der Waals surface area contributed by atoms with E-state index >= 15 is 0 Å². The molecule has 0 aliphatic carbocycles. The molecule has 0 radical (unpaired) electrons. The minimum Gasteiger partial charge on any atom is -0.439 e. The van der Waals surface area contributed by atoms with Crippen molar-refractivity contribution in [2.24, 2.45) is 4.99 Å². The highest BCUT2D eigenvalue weighted by Gasteiger charge is 2.13. The van der Waals surface area contributed by atoms with Gasteiger partial charge >= 0.3 is 0 Å². The molecule has 7 heteroatoms. The van der Waals surface area contributed by atoms with Gasteiger partial charge in [0.2, 0.25) is 29.4 Å². The standard InChI is InChI=1S/C23H22N4O3/c1-15-7-4-10-19(24-15)28-18-13-22(29-20-11-5-8-16(2)25-20)27-23(14-18)30-21-12-6-9-17(3)26-21/h4-8,10-14,17H,9H2,1-3H3. The van der Waals surface area contributed by atoms with Crippen molar-refractivity contribution in [1.82, 2.24) is 15.0 Å². The number of aryl methyl sites for hydroxylation is 2. The monoisotopic (exact) mass is 402 g/mol. The predicted molar refractivity (Wildman–Crippen MR) is 114 cm³/mol. The van der Waals surface area contributed by atoms with Gasteiger partial charge in [0.1, 0.15) is 5.75 Å². The molecule has 0 N–H and O–H groups in total. The zero-order valence-electron chi connectivity index (χ0n) is 17.1. The van der Waals surface area contributed by atoms with E-state index in [2.05, 4.69) is 19.9 Å². The minimum atomic E-state index is 0.160. The Morgan fingerprint density at radius 2 is 1.40 bits per heavy atom. The van der Waals surface area contributed by atoms with Gasteiger partial charge in [0.05, 0.1) is 6.04 Å². The molecule has 1 aliphatic rings. The van der Waals surface area contributed by atoms with Crippen LogP contribution in [0.1, 0.15) is 24.7 Å². The first-order chi connectivity index (χ1) is 14.5. The molecule has 7 nitrogen and oxygen atoms in total. The van der Waals surface area contributed by atoms with Crippen LogP contribution >= 0.6 is 0 Å². The molecule has 3 aromatic heterocycles. The van der Waals surface area contributed by atoms with Gasteiger partial charge in [0.15, 0.2) is 0 Å². The van der Waals surface area contributed by atoms with E-state index in [1.165, 1.54) is 0 Å². The normalized spacial score (nSPS) is 15.4. The molecule has 0 bridgehead atoms. The Morgan fingerprint density at radius 3 is 2.03 bits per heavy atom. The molecule has 152 valence electrons. The molecular weight excluding hydrogens is 380 g/mol. The summed E-state index contributed by atoms with van der Waals surface area (Å²) in [6.07, 6.45) is 4.74. The Hall–Kier alpha value is -3.74. The lowest BCUT2D eigenvalue weighted by Crippen LogP contribution is -2.14. The largest absolute Gasteiger partial charge is 0.439 e. The van der Waals surface area contributed by atoms with Crippen molar-refractivity contribution in [3.8, 4) is 29.3 Å². The molecule has 0 saturated heterocycles. The summed E-state index contributed by atoms with van der Waals surface area (Å²) in [7, 11) is 0. The average molecular weight is 402 g/mol. The third-order valence-electron chi connectivity index (χ3n) is 4.20. The number of aromatic nitrogens is 3. The number of aliphatic imine (C=N–C) groups is 1. The number of rotatable bonds is 5. The van der Waals surface area contributed by atoms with E-state index in [4.69, 9.17) is 14.2 Å². The fourth-order valence-corrected chi connectivity index (χ4v) is 2.85. The number of dihydropyridines is 1. The van der Waals surface area contributed by atoms with Gasteiger partial charge in [0.25, 0.3) is 0 Å². The zero-order chi connectivity index (χ0) is 20.9. The lowest BCUT2D eigenvalue weighted by atomic mass is 10.2. The summed E-state index contributed by atoms with van der Waals surface area (Å²) in [6, 6.07) is 14.6. The van der Waals surface area contributed by atoms with E-state index in [0.717, 1.165) is 17.8 Å². The van der Waals surface area contributed by atoms with Gasteiger partial charge in [-0.2, -0.15) is 4.98 Å². The fourth-order valence-electron chi connectivity index (χ4n) is 2.85. The molecule has 0 saturated carbocycles. The van der Waals surface area contributed by atoms with Crippen LogP contribution in [0.15, 0.2) is 65.7 Å². The maximum atomic E-state index is 5.92. The fraction of sp³-hybridized carbons (Fsp3) is 0.217. The molecule has 4 heterocycles.